The van der Waals surface area contributed by atoms with E-state index in [4.69, 9.17) is 0 Å². The number of halogens is 1. The predicted octanol–water partition coefficient (Wildman–Crippen LogP) is 3.97. The Hall–Kier alpha value is 0.01000. The van der Waals surface area contributed by atoms with E-state index in [1.165, 1.54) is 34.4 Å². The van der Waals surface area contributed by atoms with Gasteiger partial charge in [0.15, 0.2) is 0 Å². The first-order chi connectivity index (χ1) is 8.26. The van der Waals surface area contributed by atoms with Crippen molar-refractivity contribution >= 4 is 27.7 Å². The Balaban J connectivity index is 2.47. The summed E-state index contributed by atoms with van der Waals surface area (Å²) in [6.07, 6.45) is 2.47. The van der Waals surface area contributed by atoms with Gasteiger partial charge in [0.1, 0.15) is 0 Å². The summed E-state index contributed by atoms with van der Waals surface area (Å²) >= 11 is 5.57. The molecule has 0 aliphatic carbocycles. The van der Waals surface area contributed by atoms with Crippen LogP contribution in [0.1, 0.15) is 18.9 Å². The van der Waals surface area contributed by atoms with Crippen molar-refractivity contribution in [3.8, 4) is 0 Å². The van der Waals surface area contributed by atoms with E-state index in [0.717, 1.165) is 12.5 Å². The highest BCUT2D eigenvalue weighted by molar-refractivity contribution is 9.10. The highest BCUT2D eigenvalue weighted by Crippen LogP contribution is 2.18. The molecule has 96 valence electrons. The number of thioether (sulfide) groups is 1. The van der Waals surface area contributed by atoms with Crippen molar-refractivity contribution in [1.29, 1.82) is 0 Å². The molecule has 0 aliphatic heterocycles. The third-order valence-corrected chi connectivity index (χ3v) is 4.21. The summed E-state index contributed by atoms with van der Waals surface area (Å²) in [6, 6.07) is 8.66. The lowest BCUT2D eigenvalue weighted by atomic mass is 9.97. The minimum absolute atomic E-state index is 0.744. The standard InChI is InChI=1S/C14H22BrNS/c1-3-17-8-7-13(11-16-2)9-12-5-4-6-14(15)10-12/h4-6,10,13,16H,3,7-9,11H2,1-2H3. The van der Waals surface area contributed by atoms with Crippen LogP contribution in [0.5, 0.6) is 0 Å². The molecule has 0 aromatic heterocycles. The maximum absolute atomic E-state index is 3.54. The monoisotopic (exact) mass is 315 g/mol. The number of rotatable bonds is 8. The van der Waals surface area contributed by atoms with Gasteiger partial charge >= 0.3 is 0 Å². The van der Waals surface area contributed by atoms with Crippen molar-refractivity contribution < 1.29 is 0 Å². The van der Waals surface area contributed by atoms with Crippen molar-refractivity contribution in [2.24, 2.45) is 5.92 Å². The minimum atomic E-state index is 0.744. The molecule has 0 fully saturated rings. The summed E-state index contributed by atoms with van der Waals surface area (Å²) in [5.74, 6) is 3.24. The lowest BCUT2D eigenvalue weighted by Gasteiger charge is -2.16. The molecular formula is C14H22BrNS. The van der Waals surface area contributed by atoms with Crippen molar-refractivity contribution in [3.05, 3.63) is 34.3 Å². The summed E-state index contributed by atoms with van der Waals surface area (Å²) in [6.45, 7) is 3.34. The van der Waals surface area contributed by atoms with Crippen LogP contribution in [0.25, 0.3) is 0 Å². The second-order valence-corrected chi connectivity index (χ2v) is 6.55. The van der Waals surface area contributed by atoms with Gasteiger partial charge in [-0.2, -0.15) is 11.8 Å². The van der Waals surface area contributed by atoms with Gasteiger partial charge in [-0.3, -0.25) is 0 Å². The minimum Gasteiger partial charge on any atom is -0.319 e. The second-order valence-electron chi connectivity index (χ2n) is 4.24. The zero-order valence-corrected chi connectivity index (χ0v) is 13.1. The summed E-state index contributed by atoms with van der Waals surface area (Å²) in [4.78, 5) is 0. The first-order valence-electron chi connectivity index (χ1n) is 6.23. The van der Waals surface area contributed by atoms with Crippen LogP contribution in [0.15, 0.2) is 28.7 Å². The first kappa shape index (κ1) is 15.1. The average Bonchev–Trinajstić information content (AvgIpc) is 2.29. The van der Waals surface area contributed by atoms with Gasteiger partial charge in [0.25, 0.3) is 0 Å². The van der Waals surface area contributed by atoms with Crippen molar-refractivity contribution in [3.63, 3.8) is 0 Å². The molecule has 3 heteroatoms. The first-order valence-corrected chi connectivity index (χ1v) is 8.17. The van der Waals surface area contributed by atoms with E-state index in [-0.39, 0.29) is 0 Å². The van der Waals surface area contributed by atoms with Crippen LogP contribution in [0.3, 0.4) is 0 Å². The van der Waals surface area contributed by atoms with Gasteiger partial charge in [0.05, 0.1) is 0 Å². The smallest absolute Gasteiger partial charge is 0.0177 e. The third-order valence-electron chi connectivity index (χ3n) is 2.78. The Kier molecular flexibility index (Phi) is 7.99. The van der Waals surface area contributed by atoms with Crippen LogP contribution in [-0.4, -0.2) is 25.1 Å². The Morgan fingerprint density at radius 1 is 1.41 bits per heavy atom. The Morgan fingerprint density at radius 3 is 2.88 bits per heavy atom. The van der Waals surface area contributed by atoms with Gasteiger partial charge in [-0.15, -0.1) is 0 Å². The molecule has 1 aromatic rings. The number of nitrogens with one attached hydrogen (secondary N) is 1. The van der Waals surface area contributed by atoms with Crippen LogP contribution in [0.2, 0.25) is 0 Å². The quantitative estimate of drug-likeness (QED) is 0.728. The average molecular weight is 316 g/mol. The van der Waals surface area contributed by atoms with Crippen LogP contribution < -0.4 is 5.32 Å². The van der Waals surface area contributed by atoms with Gasteiger partial charge in [-0.25, -0.2) is 0 Å². The fourth-order valence-corrected chi connectivity index (χ4v) is 3.19. The number of hydrogen-bond donors (Lipinski definition) is 1. The van der Waals surface area contributed by atoms with Crippen LogP contribution in [0.4, 0.5) is 0 Å². The summed E-state index contributed by atoms with van der Waals surface area (Å²) in [5.41, 5.74) is 1.43. The van der Waals surface area contributed by atoms with E-state index in [0.29, 0.717) is 0 Å². The molecule has 0 aliphatic rings. The molecule has 0 radical (unpaired) electrons. The molecule has 0 amide bonds. The molecule has 1 atom stereocenters. The lowest BCUT2D eigenvalue weighted by Crippen LogP contribution is -2.21. The van der Waals surface area contributed by atoms with E-state index < -0.39 is 0 Å². The van der Waals surface area contributed by atoms with E-state index in [2.05, 4.69) is 52.4 Å². The van der Waals surface area contributed by atoms with Crippen LogP contribution >= 0.6 is 27.7 Å². The summed E-state index contributed by atoms with van der Waals surface area (Å²) in [5, 5.41) is 3.31. The molecule has 1 rings (SSSR count). The van der Waals surface area contributed by atoms with Gasteiger partial charge in [0.2, 0.25) is 0 Å². The lowest BCUT2D eigenvalue weighted by molar-refractivity contribution is 0.484. The summed E-state index contributed by atoms with van der Waals surface area (Å²) in [7, 11) is 2.04. The van der Waals surface area contributed by atoms with Gasteiger partial charge in [-0.05, 0) is 61.6 Å². The predicted molar refractivity (Wildman–Crippen MR) is 82.9 cm³/mol. The molecule has 0 saturated carbocycles. The maximum atomic E-state index is 3.54. The van der Waals surface area contributed by atoms with Crippen molar-refractivity contribution in [2.75, 3.05) is 25.1 Å². The molecule has 0 saturated heterocycles. The van der Waals surface area contributed by atoms with Crippen LogP contribution in [-0.2, 0) is 6.42 Å². The normalized spacial score (nSPS) is 12.6. The fraction of sp³-hybridized carbons (Fsp3) is 0.571. The molecule has 1 unspecified atom stereocenters. The molecular weight excluding hydrogens is 294 g/mol. The van der Waals surface area contributed by atoms with Gasteiger partial charge in [-0.1, -0.05) is 35.0 Å². The van der Waals surface area contributed by atoms with Crippen molar-refractivity contribution in [2.45, 2.75) is 19.8 Å². The molecule has 0 spiro atoms. The van der Waals surface area contributed by atoms with Crippen LogP contribution in [0, 0.1) is 5.92 Å². The fourth-order valence-electron chi connectivity index (χ4n) is 1.96. The third kappa shape index (κ3) is 6.49. The number of hydrogen-bond acceptors (Lipinski definition) is 2. The highest BCUT2D eigenvalue weighted by Gasteiger charge is 2.09. The van der Waals surface area contributed by atoms with E-state index >= 15 is 0 Å². The Bertz CT molecular complexity index is 317. The van der Waals surface area contributed by atoms with Crippen molar-refractivity contribution in [1.82, 2.24) is 5.32 Å². The Labute approximate surface area is 118 Å². The molecule has 0 bridgehead atoms. The largest absolute Gasteiger partial charge is 0.319 e. The molecule has 0 heterocycles. The molecule has 1 N–H and O–H groups in total. The van der Waals surface area contributed by atoms with Gasteiger partial charge < -0.3 is 5.32 Å². The van der Waals surface area contributed by atoms with E-state index in [9.17, 15) is 0 Å². The summed E-state index contributed by atoms with van der Waals surface area (Å²) < 4.78 is 1.18. The van der Waals surface area contributed by atoms with Gasteiger partial charge in [0, 0.05) is 4.47 Å². The molecule has 17 heavy (non-hydrogen) atoms. The molecule has 1 nitrogen and oxygen atoms in total. The number of benzene rings is 1. The van der Waals surface area contributed by atoms with E-state index in [1.54, 1.807) is 0 Å². The highest BCUT2D eigenvalue weighted by atomic mass is 79.9. The SMILES string of the molecule is CCSCCC(CNC)Cc1cccc(Br)c1. The zero-order chi connectivity index (χ0) is 12.5. The zero-order valence-electron chi connectivity index (χ0n) is 10.7. The second kappa shape index (κ2) is 9.01. The maximum Gasteiger partial charge on any atom is 0.0177 e. The Morgan fingerprint density at radius 2 is 2.24 bits per heavy atom. The molecule has 1 aromatic carbocycles. The van der Waals surface area contributed by atoms with E-state index in [1.807, 2.05) is 18.8 Å². The topological polar surface area (TPSA) is 12.0 Å².